The van der Waals surface area contributed by atoms with E-state index in [9.17, 15) is 4.79 Å². The summed E-state index contributed by atoms with van der Waals surface area (Å²) in [6, 6.07) is 8.86. The number of rotatable bonds is 4. The Balaban J connectivity index is 1.98. The number of aryl methyl sites for hydroxylation is 1. The Labute approximate surface area is 155 Å². The van der Waals surface area contributed by atoms with Crippen molar-refractivity contribution in [1.82, 2.24) is 15.0 Å². The second kappa shape index (κ2) is 7.25. The van der Waals surface area contributed by atoms with Gasteiger partial charge in [-0.05, 0) is 30.7 Å². The minimum Gasteiger partial charge on any atom is -0.360 e. The van der Waals surface area contributed by atoms with Gasteiger partial charge in [-0.1, -0.05) is 40.5 Å². The van der Waals surface area contributed by atoms with Crippen molar-refractivity contribution in [2.24, 2.45) is 0 Å². The molecule has 0 saturated heterocycles. The van der Waals surface area contributed by atoms with Crippen LogP contribution in [0.25, 0.3) is 11.3 Å². The lowest BCUT2D eigenvalue weighted by Crippen LogP contribution is -2.27. The van der Waals surface area contributed by atoms with Gasteiger partial charge < -0.3 is 9.42 Å². The molecule has 0 spiro atoms. The zero-order valence-electron chi connectivity index (χ0n) is 13.7. The second-order valence-corrected chi connectivity index (χ2v) is 6.40. The van der Waals surface area contributed by atoms with Gasteiger partial charge in [-0.15, -0.1) is 0 Å². The molecule has 2 heterocycles. The molecule has 1 amide bonds. The number of benzene rings is 1. The van der Waals surface area contributed by atoms with Crippen LogP contribution in [0.4, 0.5) is 0 Å². The number of hydrogen-bond donors (Lipinski definition) is 0. The summed E-state index contributed by atoms with van der Waals surface area (Å²) in [6.45, 7) is 2.10. The maximum atomic E-state index is 13.0. The standard InChI is InChI=1S/C18H15Cl2N3O2/c1-11-15(18(24)23(2)10-12-5-4-8-21-9-12)17(22-25-11)16-13(19)6-3-7-14(16)20/h3-9H,10H2,1-2H3. The SMILES string of the molecule is Cc1onc(-c2c(Cl)cccc2Cl)c1C(=O)N(C)Cc1cccnc1. The minimum absolute atomic E-state index is 0.228. The van der Waals surface area contributed by atoms with Crippen molar-refractivity contribution >= 4 is 29.1 Å². The normalized spacial score (nSPS) is 10.7. The monoisotopic (exact) mass is 375 g/mol. The molecular weight excluding hydrogens is 361 g/mol. The maximum Gasteiger partial charge on any atom is 0.259 e. The summed E-state index contributed by atoms with van der Waals surface area (Å²) in [5, 5.41) is 4.83. The van der Waals surface area contributed by atoms with Crippen molar-refractivity contribution in [3.05, 3.63) is 69.7 Å². The summed E-state index contributed by atoms with van der Waals surface area (Å²) in [5.41, 5.74) is 2.10. The number of amides is 1. The van der Waals surface area contributed by atoms with Crippen molar-refractivity contribution in [1.29, 1.82) is 0 Å². The van der Waals surface area contributed by atoms with E-state index in [1.165, 1.54) is 0 Å². The predicted molar refractivity (Wildman–Crippen MR) is 96.7 cm³/mol. The van der Waals surface area contributed by atoms with Crippen molar-refractivity contribution in [3.63, 3.8) is 0 Å². The Hall–Kier alpha value is -2.37. The van der Waals surface area contributed by atoms with Crippen LogP contribution in [0.15, 0.2) is 47.2 Å². The van der Waals surface area contributed by atoms with Crippen LogP contribution in [0.2, 0.25) is 10.0 Å². The lowest BCUT2D eigenvalue weighted by atomic mass is 10.0. The highest BCUT2D eigenvalue weighted by Gasteiger charge is 2.27. The molecule has 0 fully saturated rings. The van der Waals surface area contributed by atoms with E-state index < -0.39 is 0 Å². The molecule has 0 aliphatic heterocycles. The molecule has 0 unspecified atom stereocenters. The maximum absolute atomic E-state index is 13.0. The highest BCUT2D eigenvalue weighted by Crippen LogP contribution is 2.37. The van der Waals surface area contributed by atoms with Gasteiger partial charge in [0, 0.05) is 31.5 Å². The van der Waals surface area contributed by atoms with E-state index in [0.29, 0.717) is 39.2 Å². The van der Waals surface area contributed by atoms with Crippen LogP contribution < -0.4 is 0 Å². The summed E-state index contributed by atoms with van der Waals surface area (Å²) in [5.74, 6) is 0.183. The third-order valence-electron chi connectivity index (χ3n) is 3.77. The number of carbonyl (C=O) groups is 1. The Morgan fingerprint density at radius 3 is 2.56 bits per heavy atom. The minimum atomic E-state index is -0.228. The molecule has 0 aliphatic carbocycles. The molecule has 3 rings (SSSR count). The molecule has 0 saturated carbocycles. The first-order valence-corrected chi connectivity index (χ1v) is 8.29. The fourth-order valence-corrected chi connectivity index (χ4v) is 3.12. The molecule has 7 heteroatoms. The predicted octanol–water partition coefficient (Wildman–Crippen LogP) is 4.62. The van der Waals surface area contributed by atoms with Gasteiger partial charge in [-0.3, -0.25) is 9.78 Å². The van der Waals surface area contributed by atoms with Gasteiger partial charge in [0.25, 0.3) is 5.91 Å². The topological polar surface area (TPSA) is 59.2 Å². The van der Waals surface area contributed by atoms with Gasteiger partial charge in [-0.25, -0.2) is 0 Å². The summed E-state index contributed by atoms with van der Waals surface area (Å²) in [4.78, 5) is 18.6. The Kier molecular flexibility index (Phi) is 5.06. The fourth-order valence-electron chi connectivity index (χ4n) is 2.55. The summed E-state index contributed by atoms with van der Waals surface area (Å²) >= 11 is 12.5. The molecule has 0 aliphatic rings. The summed E-state index contributed by atoms with van der Waals surface area (Å²) in [7, 11) is 1.71. The smallest absolute Gasteiger partial charge is 0.259 e. The quantitative estimate of drug-likeness (QED) is 0.667. The molecule has 0 N–H and O–H groups in total. The van der Waals surface area contributed by atoms with Gasteiger partial charge in [0.2, 0.25) is 0 Å². The van der Waals surface area contributed by atoms with Gasteiger partial charge >= 0.3 is 0 Å². The second-order valence-electron chi connectivity index (χ2n) is 5.58. The van der Waals surface area contributed by atoms with Gasteiger partial charge in [-0.2, -0.15) is 0 Å². The van der Waals surface area contributed by atoms with E-state index in [4.69, 9.17) is 27.7 Å². The molecule has 25 heavy (non-hydrogen) atoms. The van der Waals surface area contributed by atoms with Gasteiger partial charge in [0.1, 0.15) is 17.0 Å². The number of hydrogen-bond acceptors (Lipinski definition) is 4. The van der Waals surface area contributed by atoms with Crippen LogP contribution in [0, 0.1) is 6.92 Å². The van der Waals surface area contributed by atoms with E-state index in [1.54, 1.807) is 49.5 Å². The number of aromatic nitrogens is 2. The molecule has 5 nitrogen and oxygen atoms in total. The van der Waals surface area contributed by atoms with Crippen molar-refractivity contribution in [2.75, 3.05) is 7.05 Å². The first kappa shape index (κ1) is 17.5. The van der Waals surface area contributed by atoms with E-state index in [-0.39, 0.29) is 5.91 Å². The first-order valence-electron chi connectivity index (χ1n) is 7.54. The van der Waals surface area contributed by atoms with Crippen LogP contribution in [-0.4, -0.2) is 28.0 Å². The van der Waals surface area contributed by atoms with Crippen LogP contribution in [0.3, 0.4) is 0 Å². The Morgan fingerprint density at radius 1 is 1.20 bits per heavy atom. The summed E-state index contributed by atoms with van der Waals surface area (Å²) < 4.78 is 5.25. The number of pyridine rings is 1. The van der Waals surface area contributed by atoms with Crippen molar-refractivity contribution < 1.29 is 9.32 Å². The third kappa shape index (κ3) is 3.52. The van der Waals surface area contributed by atoms with Crippen molar-refractivity contribution in [3.8, 4) is 11.3 Å². The molecule has 2 aromatic heterocycles. The third-order valence-corrected chi connectivity index (χ3v) is 4.40. The molecule has 3 aromatic rings. The molecule has 0 atom stereocenters. The highest BCUT2D eigenvalue weighted by molar-refractivity contribution is 6.39. The molecule has 1 aromatic carbocycles. The highest BCUT2D eigenvalue weighted by atomic mass is 35.5. The van der Waals surface area contributed by atoms with E-state index >= 15 is 0 Å². The average molecular weight is 376 g/mol. The summed E-state index contributed by atoms with van der Waals surface area (Å²) in [6.07, 6.45) is 3.41. The van der Waals surface area contributed by atoms with Crippen LogP contribution >= 0.6 is 23.2 Å². The van der Waals surface area contributed by atoms with E-state index in [0.717, 1.165) is 5.56 Å². The Morgan fingerprint density at radius 2 is 1.92 bits per heavy atom. The lowest BCUT2D eigenvalue weighted by molar-refractivity contribution is 0.0784. The largest absolute Gasteiger partial charge is 0.360 e. The van der Waals surface area contributed by atoms with Crippen molar-refractivity contribution in [2.45, 2.75) is 13.5 Å². The number of halogens is 2. The fraction of sp³-hybridized carbons (Fsp3) is 0.167. The molecular formula is C18H15Cl2N3O2. The van der Waals surface area contributed by atoms with E-state index in [1.807, 2.05) is 12.1 Å². The van der Waals surface area contributed by atoms with Crippen LogP contribution in [0.5, 0.6) is 0 Å². The van der Waals surface area contributed by atoms with Crippen LogP contribution in [-0.2, 0) is 6.54 Å². The van der Waals surface area contributed by atoms with Crippen LogP contribution in [0.1, 0.15) is 21.7 Å². The zero-order valence-corrected chi connectivity index (χ0v) is 15.2. The van der Waals surface area contributed by atoms with Gasteiger partial charge in [0.05, 0.1) is 10.0 Å². The Bertz CT molecular complexity index is 890. The lowest BCUT2D eigenvalue weighted by Gasteiger charge is -2.17. The average Bonchev–Trinajstić information content (AvgIpc) is 2.96. The van der Waals surface area contributed by atoms with Gasteiger partial charge in [0.15, 0.2) is 0 Å². The molecule has 0 bridgehead atoms. The van der Waals surface area contributed by atoms with E-state index in [2.05, 4.69) is 10.1 Å². The number of carbonyl (C=O) groups excluding carboxylic acids is 1. The molecule has 128 valence electrons. The first-order chi connectivity index (χ1) is 12.0. The number of nitrogens with zero attached hydrogens (tertiary/aromatic N) is 3. The zero-order chi connectivity index (χ0) is 18.0. The molecule has 0 radical (unpaired) electrons.